The maximum absolute atomic E-state index is 13.9. The largest absolute Gasteiger partial charge is 0.463 e. The number of carbonyl (C=O) groups excluding carboxylic acids is 3. The predicted molar refractivity (Wildman–Crippen MR) is 115 cm³/mol. The third-order valence-electron chi connectivity index (χ3n) is 6.55. The van der Waals surface area contributed by atoms with Gasteiger partial charge in [-0.25, -0.2) is 9.18 Å². The Hall–Kier alpha value is -2.78. The first-order chi connectivity index (χ1) is 15.8. The number of rotatable bonds is 5. The Balaban J connectivity index is 1.54. The van der Waals surface area contributed by atoms with Crippen LogP contribution in [0.4, 0.5) is 4.39 Å². The van der Waals surface area contributed by atoms with Crippen molar-refractivity contribution in [3.05, 3.63) is 46.9 Å². The van der Waals surface area contributed by atoms with Crippen LogP contribution in [0, 0.1) is 5.82 Å². The molecule has 2 amide bonds. The molecule has 2 saturated heterocycles. The zero-order valence-corrected chi connectivity index (χ0v) is 19.0. The van der Waals surface area contributed by atoms with Crippen molar-refractivity contribution in [2.24, 2.45) is 0 Å². The number of halogens is 1. The van der Waals surface area contributed by atoms with Crippen molar-refractivity contribution in [1.82, 2.24) is 9.80 Å². The molecule has 0 aliphatic carbocycles. The zero-order chi connectivity index (χ0) is 23.6. The van der Waals surface area contributed by atoms with Gasteiger partial charge in [0.25, 0.3) is 0 Å². The first kappa shape index (κ1) is 23.4. The van der Waals surface area contributed by atoms with Crippen LogP contribution in [0.5, 0.6) is 0 Å². The molecule has 3 heterocycles. The monoisotopic (exact) mass is 460 g/mol. The highest BCUT2D eigenvalue weighted by Crippen LogP contribution is 2.37. The highest BCUT2D eigenvalue weighted by Gasteiger charge is 2.42. The van der Waals surface area contributed by atoms with Gasteiger partial charge in [-0.15, -0.1) is 0 Å². The fourth-order valence-corrected chi connectivity index (χ4v) is 4.80. The number of amides is 2. The molecule has 0 N–H and O–H groups in total. The summed E-state index contributed by atoms with van der Waals surface area (Å²) in [6, 6.07) is 5.86. The molecule has 33 heavy (non-hydrogen) atoms. The van der Waals surface area contributed by atoms with Crippen LogP contribution >= 0.6 is 0 Å². The number of piperidine rings is 1. The molecule has 8 nitrogen and oxygen atoms in total. The van der Waals surface area contributed by atoms with E-state index in [1.54, 1.807) is 30.9 Å². The second-order valence-corrected chi connectivity index (χ2v) is 8.50. The first-order valence-corrected chi connectivity index (χ1v) is 11.3. The van der Waals surface area contributed by atoms with Crippen LogP contribution in [0.2, 0.25) is 0 Å². The minimum atomic E-state index is -0.634. The van der Waals surface area contributed by atoms with Crippen molar-refractivity contribution in [2.75, 3.05) is 39.5 Å². The SMILES string of the molecule is CCOC(=O)C1=C(C)N(CC(=O)N2CCC3(CC2)OCCO3)C(=O)CC1c1cccc(F)c1. The molecule has 3 aliphatic heterocycles. The quantitative estimate of drug-likeness (QED) is 0.627. The smallest absolute Gasteiger partial charge is 0.336 e. The maximum atomic E-state index is 13.9. The van der Waals surface area contributed by atoms with E-state index in [1.807, 2.05) is 0 Å². The Morgan fingerprint density at radius 3 is 2.55 bits per heavy atom. The van der Waals surface area contributed by atoms with Crippen LogP contribution in [0.1, 0.15) is 44.6 Å². The molecule has 1 aromatic rings. The number of likely N-dealkylation sites (tertiary alicyclic amines) is 1. The number of hydrogen-bond acceptors (Lipinski definition) is 6. The number of nitrogens with zero attached hydrogens (tertiary/aromatic N) is 2. The van der Waals surface area contributed by atoms with E-state index in [-0.39, 0.29) is 37.0 Å². The van der Waals surface area contributed by atoms with Crippen LogP contribution < -0.4 is 0 Å². The summed E-state index contributed by atoms with van der Waals surface area (Å²) in [4.78, 5) is 41.9. The summed E-state index contributed by atoms with van der Waals surface area (Å²) >= 11 is 0. The molecule has 3 aliphatic rings. The average molecular weight is 461 g/mol. The van der Waals surface area contributed by atoms with Crippen molar-refractivity contribution in [3.63, 3.8) is 0 Å². The number of allylic oxidation sites excluding steroid dienone is 1. The zero-order valence-electron chi connectivity index (χ0n) is 19.0. The van der Waals surface area contributed by atoms with Gasteiger partial charge in [0, 0.05) is 44.0 Å². The van der Waals surface area contributed by atoms with Gasteiger partial charge in [-0.3, -0.25) is 9.59 Å². The summed E-state index contributed by atoms with van der Waals surface area (Å²) < 4.78 is 30.5. The summed E-state index contributed by atoms with van der Waals surface area (Å²) in [6.07, 6.45) is 1.11. The van der Waals surface area contributed by atoms with E-state index in [9.17, 15) is 18.8 Å². The maximum Gasteiger partial charge on any atom is 0.336 e. The molecule has 1 aromatic carbocycles. The number of carbonyl (C=O) groups is 3. The van der Waals surface area contributed by atoms with E-state index in [0.29, 0.717) is 50.4 Å². The van der Waals surface area contributed by atoms with Crippen molar-refractivity contribution < 1.29 is 33.0 Å². The van der Waals surface area contributed by atoms with Gasteiger partial charge in [0.1, 0.15) is 12.4 Å². The average Bonchev–Trinajstić information content (AvgIpc) is 3.24. The third-order valence-corrected chi connectivity index (χ3v) is 6.55. The molecule has 2 fully saturated rings. The summed E-state index contributed by atoms with van der Waals surface area (Å²) in [5, 5.41) is 0. The van der Waals surface area contributed by atoms with Crippen molar-refractivity contribution >= 4 is 17.8 Å². The summed E-state index contributed by atoms with van der Waals surface area (Å²) in [5.74, 6) is -2.74. The minimum absolute atomic E-state index is 0.0486. The van der Waals surface area contributed by atoms with Crippen molar-refractivity contribution in [1.29, 1.82) is 0 Å². The number of ether oxygens (including phenoxy) is 3. The lowest BCUT2D eigenvalue weighted by Gasteiger charge is -2.39. The van der Waals surface area contributed by atoms with Gasteiger partial charge >= 0.3 is 5.97 Å². The van der Waals surface area contributed by atoms with Gasteiger partial charge in [-0.1, -0.05) is 12.1 Å². The molecule has 1 unspecified atom stereocenters. The van der Waals surface area contributed by atoms with Gasteiger partial charge in [0.05, 0.1) is 25.4 Å². The molecule has 9 heteroatoms. The summed E-state index contributed by atoms with van der Waals surface area (Å²) in [5.41, 5.74) is 1.16. The Bertz CT molecular complexity index is 961. The Labute approximate surface area is 192 Å². The Morgan fingerprint density at radius 1 is 1.21 bits per heavy atom. The molecule has 0 bridgehead atoms. The van der Waals surface area contributed by atoms with Crippen LogP contribution in [-0.2, 0) is 28.6 Å². The summed E-state index contributed by atoms with van der Waals surface area (Å²) in [6.45, 7) is 5.39. The van der Waals surface area contributed by atoms with E-state index in [0.717, 1.165) is 0 Å². The van der Waals surface area contributed by atoms with Crippen LogP contribution in [-0.4, -0.2) is 72.8 Å². The number of benzene rings is 1. The second kappa shape index (κ2) is 9.61. The van der Waals surface area contributed by atoms with E-state index in [1.165, 1.54) is 17.0 Å². The van der Waals surface area contributed by atoms with Crippen LogP contribution in [0.15, 0.2) is 35.5 Å². The lowest BCUT2D eigenvalue weighted by atomic mass is 9.83. The normalized spacial score (nSPS) is 22.8. The second-order valence-electron chi connectivity index (χ2n) is 8.50. The molecule has 4 rings (SSSR count). The topological polar surface area (TPSA) is 85.4 Å². The van der Waals surface area contributed by atoms with Gasteiger partial charge in [-0.05, 0) is 31.5 Å². The number of esters is 1. The fraction of sp³-hybridized carbons (Fsp3) is 0.542. The molecule has 1 spiro atoms. The molecule has 0 saturated carbocycles. The molecular formula is C24H29FN2O6. The van der Waals surface area contributed by atoms with E-state index < -0.39 is 23.5 Å². The summed E-state index contributed by atoms with van der Waals surface area (Å²) in [7, 11) is 0. The third kappa shape index (κ3) is 4.79. The molecule has 0 aromatic heterocycles. The lowest BCUT2D eigenvalue weighted by molar-refractivity contribution is -0.187. The van der Waals surface area contributed by atoms with Crippen LogP contribution in [0.3, 0.4) is 0 Å². The highest BCUT2D eigenvalue weighted by molar-refractivity contribution is 5.97. The fourth-order valence-electron chi connectivity index (χ4n) is 4.80. The molecule has 0 radical (unpaired) electrons. The first-order valence-electron chi connectivity index (χ1n) is 11.3. The Kier molecular flexibility index (Phi) is 6.81. The van der Waals surface area contributed by atoms with Gasteiger partial charge in [0.2, 0.25) is 11.8 Å². The van der Waals surface area contributed by atoms with Crippen molar-refractivity contribution in [2.45, 2.75) is 44.8 Å². The minimum Gasteiger partial charge on any atom is -0.463 e. The predicted octanol–water partition coefficient (Wildman–Crippen LogP) is 2.34. The van der Waals surface area contributed by atoms with E-state index in [4.69, 9.17) is 14.2 Å². The van der Waals surface area contributed by atoms with Gasteiger partial charge in [0.15, 0.2) is 5.79 Å². The van der Waals surface area contributed by atoms with E-state index >= 15 is 0 Å². The van der Waals surface area contributed by atoms with E-state index in [2.05, 4.69) is 0 Å². The number of hydrogen-bond donors (Lipinski definition) is 0. The van der Waals surface area contributed by atoms with Crippen molar-refractivity contribution in [3.8, 4) is 0 Å². The van der Waals surface area contributed by atoms with Crippen LogP contribution in [0.25, 0.3) is 0 Å². The van der Waals surface area contributed by atoms with Gasteiger partial charge < -0.3 is 24.0 Å². The van der Waals surface area contributed by atoms with Gasteiger partial charge in [-0.2, -0.15) is 0 Å². The molecule has 1 atom stereocenters. The molecule has 178 valence electrons. The molecular weight excluding hydrogens is 431 g/mol. The Morgan fingerprint density at radius 2 is 1.91 bits per heavy atom. The highest BCUT2D eigenvalue weighted by atomic mass is 19.1. The lowest BCUT2D eigenvalue weighted by Crippen LogP contribution is -2.51. The standard InChI is InChI=1S/C24H29FN2O6/c1-3-31-23(30)22-16(2)27(20(28)14-19(22)17-5-4-6-18(25)13-17)15-21(29)26-9-7-24(8-10-26)32-11-12-33-24/h4-6,13,19H,3,7-12,14-15H2,1-2H3.